The maximum atomic E-state index is 13.0. The van der Waals surface area contributed by atoms with Crippen LogP contribution in [-0.4, -0.2) is 37.2 Å². The number of aryl methyl sites for hydroxylation is 1. The highest BCUT2D eigenvalue weighted by atomic mass is 32.2. The summed E-state index contributed by atoms with van der Waals surface area (Å²) < 4.78 is 0. The molecule has 0 bridgehead atoms. The second-order valence-corrected chi connectivity index (χ2v) is 8.86. The monoisotopic (exact) mass is 474 g/mol. The second kappa shape index (κ2) is 10.4. The van der Waals surface area contributed by atoms with E-state index in [1.807, 2.05) is 61.7 Å². The molecule has 2 N–H and O–H groups in total. The number of carbonyl (C=O) groups excluding carboxylic acids is 3. The number of hydrogen-bond acceptors (Lipinski definition) is 4. The van der Waals surface area contributed by atoms with Crippen molar-refractivity contribution in [2.24, 2.45) is 0 Å². The van der Waals surface area contributed by atoms with E-state index >= 15 is 0 Å². The summed E-state index contributed by atoms with van der Waals surface area (Å²) in [5.41, 5.74) is 3.82. The Bertz CT molecular complexity index is 1200. The molecule has 0 saturated carbocycles. The van der Waals surface area contributed by atoms with E-state index in [0.29, 0.717) is 23.6 Å². The van der Waals surface area contributed by atoms with Gasteiger partial charge in [0.15, 0.2) is 0 Å². The number of para-hydroxylation sites is 2. The van der Waals surface area contributed by atoms with E-state index in [1.165, 1.54) is 9.80 Å². The number of benzene rings is 3. The Morgan fingerprint density at radius 1 is 0.941 bits per heavy atom. The molecule has 174 valence electrons. The number of rotatable bonds is 6. The first-order valence-corrected chi connectivity index (χ1v) is 12.1. The van der Waals surface area contributed by atoms with Crippen molar-refractivity contribution >= 4 is 46.7 Å². The van der Waals surface area contributed by atoms with Gasteiger partial charge in [-0.3, -0.25) is 19.4 Å². The van der Waals surface area contributed by atoms with Gasteiger partial charge in [0.25, 0.3) is 0 Å². The number of fused-ring (bicyclic) bond motifs is 1. The molecule has 4 amide bonds. The number of thioether (sulfide) groups is 1. The molecule has 0 aromatic heterocycles. The third-order valence-electron chi connectivity index (χ3n) is 5.56. The van der Waals surface area contributed by atoms with Gasteiger partial charge in [-0.15, -0.1) is 11.8 Å². The molecular weight excluding hydrogens is 448 g/mol. The molecule has 1 aliphatic heterocycles. The van der Waals surface area contributed by atoms with Crippen molar-refractivity contribution in [3.63, 3.8) is 0 Å². The molecule has 0 atom stereocenters. The highest BCUT2D eigenvalue weighted by Crippen LogP contribution is 2.33. The smallest absolute Gasteiger partial charge is 0.326 e. The summed E-state index contributed by atoms with van der Waals surface area (Å²) in [6, 6.07) is 22.1. The maximum absolute atomic E-state index is 13.0. The van der Waals surface area contributed by atoms with Crippen LogP contribution in [0.2, 0.25) is 0 Å². The van der Waals surface area contributed by atoms with Crippen LogP contribution in [-0.2, 0) is 16.1 Å². The average Bonchev–Trinajstić information content (AvgIpc) is 2.86. The molecule has 1 heterocycles. The van der Waals surface area contributed by atoms with Gasteiger partial charge in [-0.05, 0) is 55.1 Å². The number of hydrogen-bond donors (Lipinski definition) is 2. The summed E-state index contributed by atoms with van der Waals surface area (Å²) >= 11 is 1.66. The van der Waals surface area contributed by atoms with Crippen LogP contribution in [0.25, 0.3) is 0 Å². The number of amides is 4. The highest BCUT2D eigenvalue weighted by molar-refractivity contribution is 7.98. The Hall–Kier alpha value is -3.78. The van der Waals surface area contributed by atoms with Gasteiger partial charge in [-0.25, -0.2) is 4.79 Å². The van der Waals surface area contributed by atoms with E-state index in [0.717, 1.165) is 16.0 Å². The van der Waals surface area contributed by atoms with Crippen LogP contribution in [0.1, 0.15) is 11.1 Å². The Balaban J connectivity index is 1.44. The summed E-state index contributed by atoms with van der Waals surface area (Å²) in [4.78, 5) is 42.6. The van der Waals surface area contributed by atoms with Gasteiger partial charge in [0.05, 0.1) is 11.4 Å². The third kappa shape index (κ3) is 5.40. The second-order valence-electron chi connectivity index (χ2n) is 7.98. The molecule has 0 aliphatic carbocycles. The first kappa shape index (κ1) is 23.4. The first-order chi connectivity index (χ1) is 16.4. The average molecular weight is 475 g/mol. The lowest BCUT2D eigenvalue weighted by Crippen LogP contribution is -2.51. The molecule has 4 rings (SSSR count). The molecule has 3 aromatic rings. The van der Waals surface area contributed by atoms with Gasteiger partial charge in [0, 0.05) is 17.1 Å². The predicted octanol–water partition coefficient (Wildman–Crippen LogP) is 4.42. The molecule has 1 aliphatic rings. The largest absolute Gasteiger partial charge is 0.350 e. The lowest BCUT2D eigenvalue weighted by Gasteiger charge is -2.35. The van der Waals surface area contributed by atoms with Crippen molar-refractivity contribution in [3.05, 3.63) is 83.9 Å². The number of nitrogens with zero attached hydrogens (tertiary/aromatic N) is 2. The summed E-state index contributed by atoms with van der Waals surface area (Å²) in [6.07, 6.45) is 2.01. The normalized spacial score (nSPS) is 12.8. The minimum Gasteiger partial charge on any atom is -0.350 e. The third-order valence-corrected chi connectivity index (χ3v) is 6.30. The molecule has 0 radical (unpaired) electrons. The standard InChI is InChI=1S/C26H26N4O3S/c1-18-7-11-20(12-8-18)28-26(33)30-17-25(32)29(22-5-3-4-6-23(22)30)16-24(31)27-15-19-9-13-21(34-2)14-10-19/h3-14H,15-17H2,1-2H3,(H,27,31)(H,28,33). The van der Waals surface area contributed by atoms with Crippen LogP contribution in [0.3, 0.4) is 0 Å². The first-order valence-electron chi connectivity index (χ1n) is 10.9. The van der Waals surface area contributed by atoms with E-state index in [2.05, 4.69) is 10.6 Å². The van der Waals surface area contributed by atoms with Crippen molar-refractivity contribution in [3.8, 4) is 0 Å². The van der Waals surface area contributed by atoms with E-state index in [4.69, 9.17) is 0 Å². The number of anilines is 3. The van der Waals surface area contributed by atoms with E-state index in [9.17, 15) is 14.4 Å². The van der Waals surface area contributed by atoms with Crippen LogP contribution >= 0.6 is 11.8 Å². The van der Waals surface area contributed by atoms with E-state index in [1.54, 1.807) is 36.0 Å². The van der Waals surface area contributed by atoms with Gasteiger partial charge < -0.3 is 10.6 Å². The fraction of sp³-hybridized carbons (Fsp3) is 0.192. The highest BCUT2D eigenvalue weighted by Gasteiger charge is 2.33. The van der Waals surface area contributed by atoms with Crippen molar-refractivity contribution in [2.75, 3.05) is 34.5 Å². The van der Waals surface area contributed by atoms with Crippen LogP contribution in [0.4, 0.5) is 21.9 Å². The number of urea groups is 1. The zero-order valence-corrected chi connectivity index (χ0v) is 19.9. The lowest BCUT2D eigenvalue weighted by atomic mass is 10.1. The van der Waals surface area contributed by atoms with Crippen LogP contribution in [0.5, 0.6) is 0 Å². The fourth-order valence-electron chi connectivity index (χ4n) is 3.69. The minimum atomic E-state index is -0.401. The van der Waals surface area contributed by atoms with Gasteiger partial charge >= 0.3 is 6.03 Å². The van der Waals surface area contributed by atoms with Gasteiger partial charge in [0.2, 0.25) is 11.8 Å². The molecule has 0 unspecified atom stereocenters. The fourth-order valence-corrected chi connectivity index (χ4v) is 4.09. The SMILES string of the molecule is CSc1ccc(CNC(=O)CN2C(=O)CN(C(=O)Nc3ccc(C)cc3)c3ccccc32)cc1. The van der Waals surface area contributed by atoms with Crippen LogP contribution in [0.15, 0.2) is 77.7 Å². The van der Waals surface area contributed by atoms with Crippen LogP contribution < -0.4 is 20.4 Å². The quantitative estimate of drug-likeness (QED) is 0.518. The summed E-state index contributed by atoms with van der Waals surface area (Å²) in [5, 5.41) is 5.71. The van der Waals surface area contributed by atoms with Gasteiger partial charge in [-0.2, -0.15) is 0 Å². The Kier molecular flexibility index (Phi) is 7.18. The lowest BCUT2D eigenvalue weighted by molar-refractivity contribution is -0.123. The number of carbonyl (C=O) groups is 3. The molecule has 0 saturated heterocycles. The molecular formula is C26H26N4O3S. The summed E-state index contributed by atoms with van der Waals surface area (Å²) in [7, 11) is 0. The van der Waals surface area contributed by atoms with Gasteiger partial charge in [-0.1, -0.05) is 42.0 Å². The van der Waals surface area contributed by atoms with Crippen molar-refractivity contribution in [2.45, 2.75) is 18.4 Å². The molecule has 7 nitrogen and oxygen atoms in total. The zero-order chi connectivity index (χ0) is 24.1. The summed E-state index contributed by atoms with van der Waals surface area (Å²) in [6.45, 7) is 2.07. The molecule has 8 heteroatoms. The van der Waals surface area contributed by atoms with Crippen molar-refractivity contribution in [1.29, 1.82) is 0 Å². The Morgan fingerprint density at radius 2 is 1.62 bits per heavy atom. The Morgan fingerprint density at radius 3 is 2.29 bits per heavy atom. The molecule has 0 spiro atoms. The minimum absolute atomic E-state index is 0.119. The molecule has 0 fully saturated rings. The van der Waals surface area contributed by atoms with Crippen LogP contribution in [0, 0.1) is 6.92 Å². The maximum Gasteiger partial charge on any atom is 0.326 e. The zero-order valence-electron chi connectivity index (χ0n) is 19.1. The van der Waals surface area contributed by atoms with Crippen molar-refractivity contribution < 1.29 is 14.4 Å². The number of nitrogens with one attached hydrogen (secondary N) is 2. The van der Waals surface area contributed by atoms with E-state index in [-0.39, 0.29) is 24.9 Å². The van der Waals surface area contributed by atoms with E-state index < -0.39 is 6.03 Å². The molecule has 3 aromatic carbocycles. The topological polar surface area (TPSA) is 81.8 Å². The Labute approximate surface area is 203 Å². The van der Waals surface area contributed by atoms with Crippen molar-refractivity contribution in [1.82, 2.24) is 5.32 Å². The summed E-state index contributed by atoms with van der Waals surface area (Å²) in [5.74, 6) is -0.591. The van der Waals surface area contributed by atoms with Gasteiger partial charge in [0.1, 0.15) is 13.1 Å². The molecule has 34 heavy (non-hydrogen) atoms. The predicted molar refractivity (Wildman–Crippen MR) is 136 cm³/mol.